The van der Waals surface area contributed by atoms with Gasteiger partial charge in [-0.15, -0.1) is 0 Å². The Morgan fingerprint density at radius 1 is 1.53 bits per heavy atom. The summed E-state index contributed by atoms with van der Waals surface area (Å²) in [5.74, 6) is 0.0511. The van der Waals surface area contributed by atoms with E-state index in [2.05, 4.69) is 5.32 Å². The fraction of sp³-hybridized carbons (Fsp3) is 0.615. The second-order valence-corrected chi connectivity index (χ2v) is 5.49. The third-order valence-electron chi connectivity index (χ3n) is 2.73. The number of furan rings is 1. The topological polar surface area (TPSA) is 62.5 Å². The van der Waals surface area contributed by atoms with Crippen LogP contribution in [0.4, 0.5) is 0 Å². The molecule has 1 rings (SSSR count). The Kier molecular flexibility index (Phi) is 4.34. The van der Waals surface area contributed by atoms with Crippen molar-refractivity contribution in [2.24, 2.45) is 5.41 Å². The number of nitrogens with one attached hydrogen (secondary N) is 1. The van der Waals surface area contributed by atoms with Crippen molar-refractivity contribution in [1.29, 1.82) is 0 Å². The van der Waals surface area contributed by atoms with Gasteiger partial charge in [-0.3, -0.25) is 4.79 Å². The summed E-state index contributed by atoms with van der Waals surface area (Å²) in [5, 5.41) is 12.1. The van der Waals surface area contributed by atoms with Crippen LogP contribution in [0.15, 0.2) is 16.7 Å². The number of aryl methyl sites for hydroxylation is 1. The van der Waals surface area contributed by atoms with Crippen LogP contribution in [0.3, 0.4) is 0 Å². The monoisotopic (exact) mass is 239 g/mol. The van der Waals surface area contributed by atoms with Gasteiger partial charge < -0.3 is 14.8 Å². The van der Waals surface area contributed by atoms with Gasteiger partial charge in [0.2, 0.25) is 0 Å². The van der Waals surface area contributed by atoms with E-state index in [9.17, 15) is 4.79 Å². The Bertz CT molecular complexity index is 376. The molecule has 96 valence electrons. The molecule has 4 heteroatoms. The summed E-state index contributed by atoms with van der Waals surface area (Å²) in [6, 6.07) is 1.87. The normalized spacial score (nSPS) is 13.6. The van der Waals surface area contributed by atoms with Gasteiger partial charge in [0.15, 0.2) is 0 Å². The molecule has 0 aliphatic carbocycles. The van der Waals surface area contributed by atoms with E-state index >= 15 is 0 Å². The van der Waals surface area contributed by atoms with E-state index in [1.54, 1.807) is 6.26 Å². The average Bonchev–Trinajstić information content (AvgIpc) is 2.56. The quantitative estimate of drug-likeness (QED) is 0.829. The molecule has 0 aliphatic rings. The number of rotatable bonds is 5. The zero-order valence-electron chi connectivity index (χ0n) is 10.9. The molecule has 0 amide bonds. The van der Waals surface area contributed by atoms with Gasteiger partial charge in [-0.25, -0.2) is 0 Å². The summed E-state index contributed by atoms with van der Waals surface area (Å²) in [6.07, 6.45) is 1.81. The van der Waals surface area contributed by atoms with E-state index in [-0.39, 0.29) is 17.9 Å². The third-order valence-corrected chi connectivity index (χ3v) is 2.73. The first-order valence-corrected chi connectivity index (χ1v) is 5.78. The van der Waals surface area contributed by atoms with Crippen LogP contribution in [0, 0.1) is 12.3 Å². The fourth-order valence-corrected chi connectivity index (χ4v) is 1.67. The van der Waals surface area contributed by atoms with Crippen LogP contribution in [0.1, 0.15) is 38.5 Å². The first kappa shape index (κ1) is 13.8. The van der Waals surface area contributed by atoms with Gasteiger partial charge in [0.05, 0.1) is 19.2 Å². The molecule has 0 spiro atoms. The van der Waals surface area contributed by atoms with Crippen molar-refractivity contribution in [2.45, 2.75) is 46.7 Å². The first-order chi connectivity index (χ1) is 7.79. The van der Waals surface area contributed by atoms with E-state index in [0.29, 0.717) is 6.54 Å². The lowest BCUT2D eigenvalue weighted by molar-refractivity contribution is -0.138. The van der Waals surface area contributed by atoms with E-state index in [1.165, 1.54) is 0 Å². The highest BCUT2D eigenvalue weighted by Gasteiger charge is 2.26. The summed E-state index contributed by atoms with van der Waals surface area (Å²) in [4.78, 5) is 10.8. The smallest absolute Gasteiger partial charge is 0.304 e. The molecule has 0 unspecified atom stereocenters. The zero-order chi connectivity index (χ0) is 13.1. The largest absolute Gasteiger partial charge is 0.481 e. The Morgan fingerprint density at radius 2 is 2.18 bits per heavy atom. The van der Waals surface area contributed by atoms with Gasteiger partial charge in [-0.2, -0.15) is 0 Å². The lowest BCUT2D eigenvalue weighted by Gasteiger charge is -2.30. The van der Waals surface area contributed by atoms with Crippen LogP contribution in [0.25, 0.3) is 0 Å². The van der Waals surface area contributed by atoms with E-state index in [1.807, 2.05) is 33.8 Å². The molecule has 0 aromatic carbocycles. The van der Waals surface area contributed by atoms with Crippen molar-refractivity contribution in [2.75, 3.05) is 0 Å². The highest BCUT2D eigenvalue weighted by molar-refractivity contribution is 5.67. The number of carbonyl (C=O) groups is 1. The van der Waals surface area contributed by atoms with E-state index in [0.717, 1.165) is 11.3 Å². The molecule has 0 radical (unpaired) electrons. The molecule has 1 heterocycles. The van der Waals surface area contributed by atoms with Crippen LogP contribution in [-0.2, 0) is 11.3 Å². The van der Waals surface area contributed by atoms with Crippen molar-refractivity contribution in [3.8, 4) is 0 Å². The SMILES string of the molecule is Cc1coc(CN[C@@H](CC(=O)O)C(C)(C)C)c1. The van der Waals surface area contributed by atoms with E-state index in [4.69, 9.17) is 9.52 Å². The van der Waals surface area contributed by atoms with Gasteiger partial charge in [0, 0.05) is 6.04 Å². The number of aliphatic carboxylic acids is 1. The number of hydrogen-bond acceptors (Lipinski definition) is 3. The molecule has 1 aromatic heterocycles. The molecule has 0 saturated carbocycles. The average molecular weight is 239 g/mol. The molecular formula is C13H21NO3. The maximum atomic E-state index is 10.8. The number of carboxylic acid groups (broad SMARTS) is 1. The predicted octanol–water partition coefficient (Wildman–Crippen LogP) is 2.57. The van der Waals surface area contributed by atoms with Crippen molar-refractivity contribution in [1.82, 2.24) is 5.32 Å². The maximum absolute atomic E-state index is 10.8. The van der Waals surface area contributed by atoms with E-state index < -0.39 is 5.97 Å². The lowest BCUT2D eigenvalue weighted by atomic mass is 9.85. The molecule has 0 fully saturated rings. The number of hydrogen-bond donors (Lipinski definition) is 2. The minimum absolute atomic E-state index is 0.0783. The zero-order valence-corrected chi connectivity index (χ0v) is 10.9. The van der Waals surface area contributed by atoms with Crippen molar-refractivity contribution >= 4 is 5.97 Å². The van der Waals surface area contributed by atoms with Crippen molar-refractivity contribution < 1.29 is 14.3 Å². The van der Waals surface area contributed by atoms with Gasteiger partial charge in [-0.05, 0) is 24.0 Å². The van der Waals surface area contributed by atoms with Gasteiger partial charge >= 0.3 is 5.97 Å². The minimum atomic E-state index is -0.784. The summed E-state index contributed by atoms with van der Waals surface area (Å²) < 4.78 is 5.32. The Labute approximate surface area is 102 Å². The van der Waals surface area contributed by atoms with Crippen molar-refractivity contribution in [3.63, 3.8) is 0 Å². The van der Waals surface area contributed by atoms with Gasteiger partial charge in [0.1, 0.15) is 5.76 Å². The van der Waals surface area contributed by atoms with Crippen LogP contribution in [-0.4, -0.2) is 17.1 Å². The highest BCUT2D eigenvalue weighted by Crippen LogP contribution is 2.22. The maximum Gasteiger partial charge on any atom is 0.304 e. The molecular weight excluding hydrogens is 218 g/mol. The molecule has 1 aromatic rings. The molecule has 17 heavy (non-hydrogen) atoms. The molecule has 2 N–H and O–H groups in total. The minimum Gasteiger partial charge on any atom is -0.481 e. The molecule has 4 nitrogen and oxygen atoms in total. The van der Waals surface area contributed by atoms with Crippen LogP contribution >= 0.6 is 0 Å². The van der Waals surface area contributed by atoms with Crippen LogP contribution < -0.4 is 5.32 Å². The third kappa shape index (κ3) is 4.61. The molecule has 0 bridgehead atoms. The summed E-state index contributed by atoms with van der Waals surface area (Å²) in [7, 11) is 0. The predicted molar refractivity (Wildman–Crippen MR) is 65.8 cm³/mol. The van der Waals surface area contributed by atoms with Crippen LogP contribution in [0.2, 0.25) is 0 Å². The van der Waals surface area contributed by atoms with Crippen LogP contribution in [0.5, 0.6) is 0 Å². The summed E-state index contributed by atoms with van der Waals surface area (Å²) >= 11 is 0. The lowest BCUT2D eigenvalue weighted by Crippen LogP contribution is -2.41. The van der Waals surface area contributed by atoms with Gasteiger partial charge in [-0.1, -0.05) is 20.8 Å². The Morgan fingerprint density at radius 3 is 2.59 bits per heavy atom. The molecule has 0 aliphatic heterocycles. The molecule has 0 saturated heterocycles. The summed E-state index contributed by atoms with van der Waals surface area (Å²) in [6.45, 7) is 8.61. The second kappa shape index (κ2) is 5.36. The summed E-state index contributed by atoms with van der Waals surface area (Å²) in [5.41, 5.74) is 0.979. The Hall–Kier alpha value is -1.29. The first-order valence-electron chi connectivity index (χ1n) is 5.78. The van der Waals surface area contributed by atoms with Crippen molar-refractivity contribution in [3.05, 3.63) is 23.7 Å². The number of carboxylic acids is 1. The highest BCUT2D eigenvalue weighted by atomic mass is 16.4. The second-order valence-electron chi connectivity index (χ2n) is 5.49. The van der Waals surface area contributed by atoms with Gasteiger partial charge in [0.25, 0.3) is 0 Å². The molecule has 1 atom stereocenters. The standard InChI is InChI=1S/C13H21NO3/c1-9-5-10(17-8-9)7-14-11(6-12(15)16)13(2,3)4/h5,8,11,14H,6-7H2,1-4H3,(H,15,16)/t11-/m0/s1. The fourth-order valence-electron chi connectivity index (χ4n) is 1.67. The Balaban J connectivity index is 2.58.